The number of hydrogen-bond acceptors (Lipinski definition) is 4. The Morgan fingerprint density at radius 2 is 1.43 bits per heavy atom. The zero-order chi connectivity index (χ0) is 20.8. The average molecular weight is 399 g/mol. The van der Waals surface area contributed by atoms with Gasteiger partial charge in [-0.25, -0.2) is 4.79 Å². The van der Waals surface area contributed by atoms with E-state index in [2.05, 4.69) is 15.7 Å². The number of amides is 1. The Balaban J connectivity index is 1.51. The number of rotatable bonds is 7. The molecule has 1 unspecified atom stereocenters. The van der Waals surface area contributed by atoms with Crippen LogP contribution in [0.25, 0.3) is 5.69 Å². The summed E-state index contributed by atoms with van der Waals surface area (Å²) in [5.74, 6) is -0.304. The second kappa shape index (κ2) is 9.00. The highest BCUT2D eigenvalue weighted by Gasteiger charge is 2.18. The van der Waals surface area contributed by atoms with Gasteiger partial charge in [-0.2, -0.15) is 9.36 Å². The summed E-state index contributed by atoms with van der Waals surface area (Å²) in [7, 11) is 0. The fourth-order valence-corrected chi connectivity index (χ4v) is 3.27. The molecular formula is C23H21N5O2. The van der Waals surface area contributed by atoms with Crippen molar-refractivity contribution >= 4 is 5.91 Å². The maximum atomic E-state index is 12.7. The largest absolute Gasteiger partial charge is 0.368 e. The van der Waals surface area contributed by atoms with Gasteiger partial charge in [0, 0.05) is 0 Å². The highest BCUT2D eigenvalue weighted by Crippen LogP contribution is 2.18. The summed E-state index contributed by atoms with van der Waals surface area (Å²) in [6.45, 7) is -0.205. The van der Waals surface area contributed by atoms with Gasteiger partial charge >= 0.3 is 5.69 Å². The first-order valence-corrected chi connectivity index (χ1v) is 9.67. The molecule has 7 nitrogen and oxygen atoms in total. The smallest absolute Gasteiger partial charge is 0.347 e. The van der Waals surface area contributed by atoms with Crippen molar-refractivity contribution < 1.29 is 4.79 Å². The van der Waals surface area contributed by atoms with Crippen LogP contribution in [-0.2, 0) is 17.8 Å². The van der Waals surface area contributed by atoms with E-state index in [0.717, 1.165) is 15.8 Å². The van der Waals surface area contributed by atoms with Crippen molar-refractivity contribution in [2.45, 2.75) is 19.0 Å². The quantitative estimate of drug-likeness (QED) is 0.518. The lowest BCUT2D eigenvalue weighted by molar-refractivity contribution is -0.122. The Bertz CT molecular complexity index is 1150. The van der Waals surface area contributed by atoms with Crippen LogP contribution in [0.1, 0.15) is 17.2 Å². The molecule has 0 aliphatic heterocycles. The highest BCUT2D eigenvalue weighted by atomic mass is 16.2. The molecule has 7 heteroatoms. The molecule has 0 spiro atoms. The fraction of sp³-hybridized carbons (Fsp3) is 0.130. The van der Waals surface area contributed by atoms with Crippen molar-refractivity contribution in [3.8, 4) is 5.69 Å². The summed E-state index contributed by atoms with van der Waals surface area (Å²) < 4.78 is 2.23. The Morgan fingerprint density at radius 3 is 2.10 bits per heavy atom. The van der Waals surface area contributed by atoms with Crippen LogP contribution in [0.2, 0.25) is 0 Å². The molecule has 1 amide bonds. The molecule has 1 N–H and O–H groups in total. The highest BCUT2D eigenvalue weighted by molar-refractivity contribution is 5.76. The van der Waals surface area contributed by atoms with Crippen molar-refractivity contribution in [3.05, 3.63) is 113 Å². The van der Waals surface area contributed by atoms with Gasteiger partial charge in [-0.05, 0) is 40.1 Å². The predicted octanol–water partition coefficient (Wildman–Crippen LogP) is 2.53. The van der Waals surface area contributed by atoms with Gasteiger partial charge in [0.1, 0.15) is 6.54 Å². The molecule has 0 saturated carbocycles. The van der Waals surface area contributed by atoms with E-state index in [1.54, 1.807) is 12.1 Å². The number of nitrogens with zero attached hydrogens (tertiary/aromatic N) is 4. The van der Waals surface area contributed by atoms with Crippen LogP contribution in [0.3, 0.4) is 0 Å². The molecule has 1 aromatic heterocycles. The Kier molecular flexibility index (Phi) is 5.80. The predicted molar refractivity (Wildman–Crippen MR) is 113 cm³/mol. The van der Waals surface area contributed by atoms with Crippen LogP contribution in [0, 0.1) is 0 Å². The van der Waals surface area contributed by atoms with Crippen LogP contribution >= 0.6 is 0 Å². The van der Waals surface area contributed by atoms with E-state index in [1.165, 1.54) is 4.68 Å². The van der Waals surface area contributed by atoms with Crippen molar-refractivity contribution in [3.63, 3.8) is 0 Å². The SMILES string of the molecule is O=C(Cn1nnn(-c2ccccc2)c1=O)NC(Cc1ccccc1)c1ccccc1. The van der Waals surface area contributed by atoms with Crippen molar-refractivity contribution in [2.75, 3.05) is 0 Å². The summed E-state index contributed by atoms with van der Waals surface area (Å²) in [5.41, 5.74) is 2.24. The molecule has 0 bridgehead atoms. The number of carbonyl (C=O) groups excluding carboxylic acids is 1. The summed E-state index contributed by atoms with van der Waals surface area (Å²) in [5, 5.41) is 10.8. The number of para-hydroxylation sites is 1. The van der Waals surface area contributed by atoms with Gasteiger partial charge in [-0.15, -0.1) is 0 Å². The number of carbonyl (C=O) groups is 1. The maximum Gasteiger partial charge on any atom is 0.368 e. The molecular weight excluding hydrogens is 378 g/mol. The molecule has 1 atom stereocenters. The molecule has 0 radical (unpaired) electrons. The second-order valence-corrected chi connectivity index (χ2v) is 6.89. The third-order valence-corrected chi connectivity index (χ3v) is 4.75. The third-order valence-electron chi connectivity index (χ3n) is 4.75. The third kappa shape index (κ3) is 4.52. The van der Waals surface area contributed by atoms with E-state index >= 15 is 0 Å². The minimum atomic E-state index is -0.462. The van der Waals surface area contributed by atoms with Gasteiger partial charge in [0.15, 0.2) is 0 Å². The zero-order valence-corrected chi connectivity index (χ0v) is 16.3. The lowest BCUT2D eigenvalue weighted by Gasteiger charge is -2.19. The molecule has 4 aromatic rings. The summed E-state index contributed by atoms with van der Waals surface area (Å²) in [4.78, 5) is 25.3. The number of nitrogens with one attached hydrogen (secondary N) is 1. The average Bonchev–Trinajstić information content (AvgIpc) is 3.15. The molecule has 0 saturated heterocycles. The van der Waals surface area contributed by atoms with E-state index in [-0.39, 0.29) is 18.5 Å². The van der Waals surface area contributed by atoms with E-state index < -0.39 is 5.69 Å². The normalized spacial score (nSPS) is 11.7. The maximum absolute atomic E-state index is 12.7. The van der Waals surface area contributed by atoms with E-state index in [1.807, 2.05) is 78.9 Å². The molecule has 150 valence electrons. The Hall–Kier alpha value is -4.00. The zero-order valence-electron chi connectivity index (χ0n) is 16.3. The molecule has 30 heavy (non-hydrogen) atoms. The van der Waals surface area contributed by atoms with Gasteiger partial charge < -0.3 is 5.32 Å². The summed E-state index contributed by atoms with van der Waals surface area (Å²) in [6, 6.07) is 28.5. The van der Waals surface area contributed by atoms with Crippen LogP contribution in [0.15, 0.2) is 95.8 Å². The summed E-state index contributed by atoms with van der Waals surface area (Å²) >= 11 is 0. The first-order valence-electron chi connectivity index (χ1n) is 9.67. The van der Waals surface area contributed by atoms with E-state index in [0.29, 0.717) is 12.1 Å². The first kappa shape index (κ1) is 19.3. The molecule has 0 aliphatic carbocycles. The Morgan fingerprint density at radius 1 is 0.833 bits per heavy atom. The van der Waals surface area contributed by atoms with E-state index in [4.69, 9.17) is 0 Å². The molecule has 4 rings (SSSR count). The minimum Gasteiger partial charge on any atom is -0.347 e. The van der Waals surface area contributed by atoms with Crippen LogP contribution in [0.5, 0.6) is 0 Å². The van der Waals surface area contributed by atoms with Gasteiger partial charge in [0.05, 0.1) is 11.7 Å². The van der Waals surface area contributed by atoms with Crippen molar-refractivity contribution in [2.24, 2.45) is 0 Å². The lowest BCUT2D eigenvalue weighted by atomic mass is 9.99. The van der Waals surface area contributed by atoms with Gasteiger partial charge in [-0.3, -0.25) is 4.79 Å². The second-order valence-electron chi connectivity index (χ2n) is 6.89. The monoisotopic (exact) mass is 399 g/mol. The molecule has 0 fully saturated rings. The van der Waals surface area contributed by atoms with Crippen LogP contribution < -0.4 is 11.0 Å². The number of tetrazole rings is 1. The first-order chi connectivity index (χ1) is 14.7. The van der Waals surface area contributed by atoms with E-state index in [9.17, 15) is 9.59 Å². The van der Waals surface area contributed by atoms with Gasteiger partial charge in [-0.1, -0.05) is 78.9 Å². The molecule has 3 aromatic carbocycles. The minimum absolute atomic E-state index is 0.205. The van der Waals surface area contributed by atoms with Gasteiger partial charge in [0.2, 0.25) is 5.91 Å². The number of hydrogen-bond donors (Lipinski definition) is 1. The van der Waals surface area contributed by atoms with Crippen LogP contribution in [0.4, 0.5) is 0 Å². The number of aromatic nitrogens is 4. The Labute approximate surface area is 173 Å². The lowest BCUT2D eigenvalue weighted by Crippen LogP contribution is -2.36. The van der Waals surface area contributed by atoms with Crippen molar-refractivity contribution in [1.82, 2.24) is 25.1 Å². The standard InChI is InChI=1S/C23H21N5O2/c29-22(17-27-23(30)28(26-25-27)20-14-8-3-9-15-20)24-21(19-12-6-2-7-13-19)16-18-10-4-1-5-11-18/h1-15,21H,16-17H2,(H,24,29). The summed E-state index contributed by atoms with van der Waals surface area (Å²) in [6.07, 6.45) is 0.641. The van der Waals surface area contributed by atoms with Gasteiger partial charge in [0.25, 0.3) is 0 Å². The molecule has 0 aliphatic rings. The number of benzene rings is 3. The van der Waals surface area contributed by atoms with Crippen molar-refractivity contribution in [1.29, 1.82) is 0 Å². The molecule has 1 heterocycles. The fourth-order valence-electron chi connectivity index (χ4n) is 3.27. The van der Waals surface area contributed by atoms with Crippen LogP contribution in [-0.4, -0.2) is 25.7 Å². The topological polar surface area (TPSA) is 81.8 Å².